The van der Waals surface area contributed by atoms with Crippen molar-refractivity contribution >= 4 is 25.8 Å². The molecule has 0 saturated carbocycles. The molecule has 1 atom stereocenters. The first-order chi connectivity index (χ1) is 7.84. The van der Waals surface area contributed by atoms with E-state index in [-0.39, 0.29) is 0 Å². The molecule has 0 saturated heterocycles. The van der Waals surface area contributed by atoms with Crippen LogP contribution in [0.15, 0.2) is 35.2 Å². The van der Waals surface area contributed by atoms with Gasteiger partial charge in [-0.1, -0.05) is 34.1 Å². The average molecular weight is 321 g/mol. The van der Waals surface area contributed by atoms with Gasteiger partial charge in [0.05, 0.1) is 4.90 Å². The Bertz CT molecular complexity index is 454. The highest BCUT2D eigenvalue weighted by molar-refractivity contribution is 9.09. The molecule has 0 spiro atoms. The Morgan fingerprint density at radius 2 is 1.82 bits per heavy atom. The summed E-state index contributed by atoms with van der Waals surface area (Å²) < 4.78 is 29.2. The van der Waals surface area contributed by atoms with Crippen LogP contribution in [0.2, 0.25) is 0 Å². The summed E-state index contributed by atoms with van der Waals surface area (Å²) in [5.74, 6) is 0. The molecule has 1 unspecified atom stereocenters. The van der Waals surface area contributed by atoms with E-state index < -0.39 is 19.6 Å². The minimum absolute atomic E-state index is 0.314. The molecule has 0 heterocycles. The number of benzene rings is 1. The average Bonchev–Trinajstić information content (AvgIpc) is 2.30. The van der Waals surface area contributed by atoms with E-state index in [4.69, 9.17) is 4.74 Å². The largest absolute Gasteiger partial charge is 0.366 e. The zero-order chi connectivity index (χ0) is 13.1. The van der Waals surface area contributed by atoms with Gasteiger partial charge < -0.3 is 4.74 Å². The highest BCUT2D eigenvalue weighted by atomic mass is 79.9. The third kappa shape index (κ3) is 2.89. The van der Waals surface area contributed by atoms with E-state index in [1.807, 2.05) is 6.92 Å². The maximum atomic E-state index is 12.5. The van der Waals surface area contributed by atoms with E-state index in [0.717, 1.165) is 0 Å². The molecule has 0 aliphatic heterocycles. The molecule has 17 heavy (non-hydrogen) atoms. The van der Waals surface area contributed by atoms with Crippen LogP contribution in [0.5, 0.6) is 0 Å². The van der Waals surface area contributed by atoms with E-state index in [9.17, 15) is 8.42 Å². The van der Waals surface area contributed by atoms with Crippen molar-refractivity contribution in [3.63, 3.8) is 0 Å². The second kappa shape index (κ2) is 5.50. The molecule has 0 aliphatic carbocycles. The maximum absolute atomic E-state index is 12.5. The molecule has 0 aliphatic rings. The van der Waals surface area contributed by atoms with Crippen molar-refractivity contribution in [1.29, 1.82) is 0 Å². The normalized spacial score (nSPS) is 14.6. The van der Waals surface area contributed by atoms with Gasteiger partial charge in [-0.05, 0) is 32.9 Å². The fourth-order valence-electron chi connectivity index (χ4n) is 1.37. The number of hydrogen-bond acceptors (Lipinski definition) is 3. The van der Waals surface area contributed by atoms with Crippen LogP contribution in [0.25, 0.3) is 0 Å². The zero-order valence-corrected chi connectivity index (χ0v) is 12.6. The van der Waals surface area contributed by atoms with Crippen LogP contribution in [0.4, 0.5) is 0 Å². The third-order valence-corrected chi connectivity index (χ3v) is 6.81. The highest BCUT2D eigenvalue weighted by Gasteiger charge is 2.42. The lowest BCUT2D eigenvalue weighted by atomic mass is 10.2. The Morgan fingerprint density at radius 1 is 1.29 bits per heavy atom. The molecule has 1 aromatic rings. The van der Waals surface area contributed by atoms with Crippen LogP contribution < -0.4 is 0 Å². The topological polar surface area (TPSA) is 43.4 Å². The third-order valence-electron chi connectivity index (χ3n) is 2.61. The quantitative estimate of drug-likeness (QED) is 0.783. The summed E-state index contributed by atoms with van der Waals surface area (Å²) in [5, 5.41) is -0.537. The Labute approximate surface area is 111 Å². The Morgan fingerprint density at radius 3 is 2.29 bits per heavy atom. The molecule has 1 rings (SSSR count). The van der Waals surface area contributed by atoms with E-state index in [2.05, 4.69) is 15.9 Å². The van der Waals surface area contributed by atoms with E-state index >= 15 is 0 Å². The van der Waals surface area contributed by atoms with Crippen LogP contribution in [-0.4, -0.2) is 24.8 Å². The van der Waals surface area contributed by atoms with Crippen molar-refractivity contribution < 1.29 is 13.2 Å². The monoisotopic (exact) mass is 320 g/mol. The standard InChI is InChI=1S/C12H17BrO3S/c1-4-16-11(13)12(2,3)17(14,15)10-8-6-5-7-9-10/h5-9,11H,4H2,1-3H3. The number of hydrogen-bond donors (Lipinski definition) is 0. The second-order valence-electron chi connectivity index (χ2n) is 4.19. The summed E-state index contributed by atoms with van der Waals surface area (Å²) in [5.41, 5.74) is 0. The Kier molecular flexibility index (Phi) is 4.75. The van der Waals surface area contributed by atoms with Crippen molar-refractivity contribution in [3.05, 3.63) is 30.3 Å². The van der Waals surface area contributed by atoms with Crippen molar-refractivity contribution in [2.45, 2.75) is 35.4 Å². The van der Waals surface area contributed by atoms with Crippen LogP contribution in [0.1, 0.15) is 20.8 Å². The molecule has 0 bridgehead atoms. The molecule has 0 N–H and O–H groups in total. The van der Waals surface area contributed by atoms with Gasteiger partial charge in [0.15, 0.2) is 9.84 Å². The van der Waals surface area contributed by atoms with Gasteiger partial charge in [0.2, 0.25) is 0 Å². The van der Waals surface area contributed by atoms with Crippen LogP contribution in [0, 0.1) is 0 Å². The van der Waals surface area contributed by atoms with Gasteiger partial charge in [-0.15, -0.1) is 0 Å². The fraction of sp³-hybridized carbons (Fsp3) is 0.500. The number of alkyl halides is 1. The summed E-state index contributed by atoms with van der Waals surface area (Å²) in [6.45, 7) is 5.61. The molecule has 0 radical (unpaired) electrons. The fourth-order valence-corrected chi connectivity index (χ4v) is 3.81. The maximum Gasteiger partial charge on any atom is 0.186 e. The lowest BCUT2D eigenvalue weighted by Crippen LogP contribution is -2.42. The van der Waals surface area contributed by atoms with E-state index in [1.54, 1.807) is 44.2 Å². The lowest BCUT2D eigenvalue weighted by molar-refractivity contribution is 0.107. The van der Waals surface area contributed by atoms with Crippen LogP contribution in [0.3, 0.4) is 0 Å². The molecule has 0 aromatic heterocycles. The smallest absolute Gasteiger partial charge is 0.186 e. The number of rotatable bonds is 5. The van der Waals surface area contributed by atoms with Gasteiger partial charge in [0, 0.05) is 6.61 Å². The molecule has 96 valence electrons. The van der Waals surface area contributed by atoms with Crippen molar-refractivity contribution in [1.82, 2.24) is 0 Å². The predicted molar refractivity (Wildman–Crippen MR) is 72.0 cm³/mol. The van der Waals surface area contributed by atoms with Crippen LogP contribution in [-0.2, 0) is 14.6 Å². The van der Waals surface area contributed by atoms with Gasteiger partial charge in [-0.2, -0.15) is 0 Å². The van der Waals surface area contributed by atoms with Gasteiger partial charge in [-0.25, -0.2) is 8.42 Å². The summed E-state index contributed by atoms with van der Waals surface area (Å²) in [7, 11) is -3.43. The SMILES string of the molecule is CCOC(Br)C(C)(C)S(=O)(=O)c1ccccc1. The minimum Gasteiger partial charge on any atom is -0.366 e. The number of ether oxygens (including phenoxy) is 1. The van der Waals surface area contributed by atoms with Gasteiger partial charge in [0.25, 0.3) is 0 Å². The molecule has 5 heteroatoms. The summed E-state index contributed by atoms with van der Waals surface area (Å²) in [6, 6.07) is 8.42. The van der Waals surface area contributed by atoms with Crippen molar-refractivity contribution in [2.24, 2.45) is 0 Å². The molecule has 3 nitrogen and oxygen atoms in total. The zero-order valence-electron chi connectivity index (χ0n) is 10.2. The molecule has 0 fully saturated rings. The Hall–Kier alpha value is -0.390. The number of halogens is 1. The second-order valence-corrected chi connectivity index (χ2v) is 7.55. The van der Waals surface area contributed by atoms with Gasteiger partial charge >= 0.3 is 0 Å². The first-order valence-corrected chi connectivity index (χ1v) is 7.79. The predicted octanol–water partition coefficient (Wildman–Crippen LogP) is 3.00. The lowest BCUT2D eigenvalue weighted by Gasteiger charge is -2.29. The highest BCUT2D eigenvalue weighted by Crippen LogP contribution is 2.32. The molecular weight excluding hydrogens is 304 g/mol. The molecular formula is C12H17BrO3S. The molecule has 0 amide bonds. The first-order valence-electron chi connectivity index (χ1n) is 5.39. The first kappa shape index (κ1) is 14.7. The van der Waals surface area contributed by atoms with E-state index in [0.29, 0.717) is 11.5 Å². The number of sulfone groups is 1. The van der Waals surface area contributed by atoms with Gasteiger partial charge in [0.1, 0.15) is 9.76 Å². The Balaban J connectivity index is 3.14. The summed E-state index contributed by atoms with van der Waals surface area (Å²) in [6.07, 6.45) is 0. The molecule has 1 aromatic carbocycles. The van der Waals surface area contributed by atoms with Crippen LogP contribution >= 0.6 is 15.9 Å². The van der Waals surface area contributed by atoms with Crippen molar-refractivity contribution in [2.75, 3.05) is 6.61 Å². The van der Waals surface area contributed by atoms with E-state index in [1.165, 1.54) is 0 Å². The summed E-state index contributed by atoms with van der Waals surface area (Å²) >= 11 is 3.29. The minimum atomic E-state index is -3.43. The summed E-state index contributed by atoms with van der Waals surface area (Å²) in [4.78, 5) is 0.314. The van der Waals surface area contributed by atoms with Crippen molar-refractivity contribution in [3.8, 4) is 0 Å². The van der Waals surface area contributed by atoms with Gasteiger partial charge in [-0.3, -0.25) is 0 Å².